The fraction of sp³-hybridized carbons (Fsp3) is 0.318. The van der Waals surface area contributed by atoms with Gasteiger partial charge in [0.25, 0.3) is 0 Å². The van der Waals surface area contributed by atoms with Crippen LogP contribution in [0.5, 0.6) is 5.75 Å². The molecule has 0 saturated carbocycles. The number of benzene rings is 2. The van der Waals surface area contributed by atoms with Gasteiger partial charge in [-0.15, -0.1) is 11.8 Å². The van der Waals surface area contributed by atoms with Crippen molar-refractivity contribution in [3.63, 3.8) is 0 Å². The number of carbonyl (C=O) groups is 1. The molecule has 0 bridgehead atoms. The summed E-state index contributed by atoms with van der Waals surface area (Å²) >= 11 is 1.89. The van der Waals surface area contributed by atoms with Crippen LogP contribution in [0.3, 0.4) is 0 Å². The van der Waals surface area contributed by atoms with Gasteiger partial charge in [-0.3, -0.25) is 0 Å². The van der Waals surface area contributed by atoms with Crippen molar-refractivity contribution in [3.8, 4) is 17.6 Å². The number of hydrogen-bond acceptors (Lipinski definition) is 4. The fourth-order valence-corrected chi connectivity index (χ4v) is 4.42. The maximum Gasteiger partial charge on any atom is 0.338 e. The minimum atomic E-state index is -0.447. The van der Waals surface area contributed by atoms with Crippen LogP contribution in [-0.4, -0.2) is 23.4 Å². The standard InChI is InChI=1S/C22H22O3S/c1-4-25-21(24)17-9-8-16(19(23)14-17)7-5-15-6-10-20-18(13-15)22(2,3)11-12-26-20/h6,8-10,13-14,23H,4,11-12H2,1-3H3. The Kier molecular flexibility index (Phi) is 5.29. The lowest BCUT2D eigenvalue weighted by Gasteiger charge is -2.32. The summed E-state index contributed by atoms with van der Waals surface area (Å²) in [6, 6.07) is 11.0. The van der Waals surface area contributed by atoms with Gasteiger partial charge in [-0.05, 0) is 66.5 Å². The summed E-state index contributed by atoms with van der Waals surface area (Å²) in [7, 11) is 0. The summed E-state index contributed by atoms with van der Waals surface area (Å²) in [6.07, 6.45) is 1.15. The van der Waals surface area contributed by atoms with Gasteiger partial charge in [0.15, 0.2) is 0 Å². The summed E-state index contributed by atoms with van der Waals surface area (Å²) in [4.78, 5) is 13.0. The molecule has 26 heavy (non-hydrogen) atoms. The van der Waals surface area contributed by atoms with Gasteiger partial charge in [-0.2, -0.15) is 0 Å². The zero-order valence-electron chi connectivity index (χ0n) is 15.3. The number of carbonyl (C=O) groups excluding carboxylic acids is 1. The number of phenols is 1. The third kappa shape index (κ3) is 3.89. The third-order valence-electron chi connectivity index (χ3n) is 4.54. The molecule has 0 spiro atoms. The van der Waals surface area contributed by atoms with Crippen molar-refractivity contribution in [2.45, 2.75) is 37.5 Å². The van der Waals surface area contributed by atoms with E-state index < -0.39 is 5.97 Å². The van der Waals surface area contributed by atoms with Gasteiger partial charge in [-0.25, -0.2) is 4.79 Å². The number of thioether (sulfide) groups is 1. The topological polar surface area (TPSA) is 46.5 Å². The zero-order chi connectivity index (χ0) is 18.7. The molecule has 0 fully saturated rings. The molecule has 3 rings (SSSR count). The van der Waals surface area contributed by atoms with E-state index in [9.17, 15) is 9.90 Å². The molecule has 0 atom stereocenters. The minimum Gasteiger partial charge on any atom is -0.507 e. The average Bonchev–Trinajstić information content (AvgIpc) is 2.61. The van der Waals surface area contributed by atoms with E-state index in [1.54, 1.807) is 19.1 Å². The van der Waals surface area contributed by atoms with Crippen LogP contribution in [0.15, 0.2) is 41.3 Å². The molecule has 0 amide bonds. The maximum absolute atomic E-state index is 11.7. The molecule has 0 unspecified atom stereocenters. The van der Waals surface area contributed by atoms with Crippen LogP contribution in [-0.2, 0) is 10.2 Å². The fourth-order valence-electron chi connectivity index (χ4n) is 2.93. The summed E-state index contributed by atoms with van der Waals surface area (Å²) in [6.45, 7) is 6.58. The van der Waals surface area contributed by atoms with E-state index in [0.29, 0.717) is 17.7 Å². The van der Waals surface area contributed by atoms with E-state index in [1.165, 1.54) is 16.5 Å². The number of aromatic hydroxyl groups is 1. The first-order valence-electron chi connectivity index (χ1n) is 8.70. The predicted molar refractivity (Wildman–Crippen MR) is 105 cm³/mol. The van der Waals surface area contributed by atoms with E-state index in [4.69, 9.17) is 4.74 Å². The van der Waals surface area contributed by atoms with Crippen molar-refractivity contribution in [2.75, 3.05) is 12.4 Å². The molecule has 0 aliphatic carbocycles. The smallest absolute Gasteiger partial charge is 0.338 e. The Morgan fingerprint density at radius 2 is 2.04 bits per heavy atom. The van der Waals surface area contributed by atoms with Gasteiger partial charge in [0, 0.05) is 10.5 Å². The van der Waals surface area contributed by atoms with Crippen molar-refractivity contribution in [3.05, 3.63) is 58.7 Å². The van der Waals surface area contributed by atoms with Crippen LogP contribution in [0.25, 0.3) is 0 Å². The molecule has 0 radical (unpaired) electrons. The van der Waals surface area contributed by atoms with E-state index in [-0.39, 0.29) is 11.2 Å². The van der Waals surface area contributed by atoms with E-state index in [0.717, 1.165) is 17.7 Å². The van der Waals surface area contributed by atoms with Crippen molar-refractivity contribution < 1.29 is 14.6 Å². The largest absolute Gasteiger partial charge is 0.507 e. The number of hydrogen-bond donors (Lipinski definition) is 1. The van der Waals surface area contributed by atoms with Crippen LogP contribution < -0.4 is 0 Å². The first-order chi connectivity index (χ1) is 12.4. The molecule has 0 aromatic heterocycles. The van der Waals surface area contributed by atoms with Gasteiger partial charge in [0.05, 0.1) is 17.7 Å². The number of phenolic OH excluding ortho intramolecular Hbond substituents is 1. The SMILES string of the molecule is CCOC(=O)c1ccc(C#Cc2ccc3c(c2)C(C)(C)CCS3)c(O)c1. The molecule has 134 valence electrons. The lowest BCUT2D eigenvalue weighted by molar-refractivity contribution is 0.0526. The molecular weight excluding hydrogens is 344 g/mol. The maximum atomic E-state index is 11.7. The second-order valence-corrected chi connectivity index (χ2v) is 8.03. The zero-order valence-corrected chi connectivity index (χ0v) is 16.1. The Hall–Kier alpha value is -2.38. The average molecular weight is 366 g/mol. The van der Waals surface area contributed by atoms with Crippen LogP contribution in [0.2, 0.25) is 0 Å². The van der Waals surface area contributed by atoms with Gasteiger partial charge < -0.3 is 9.84 Å². The molecule has 0 saturated heterocycles. The normalized spacial score (nSPS) is 14.7. The highest BCUT2D eigenvalue weighted by atomic mass is 32.2. The van der Waals surface area contributed by atoms with E-state index in [2.05, 4.69) is 37.8 Å². The van der Waals surface area contributed by atoms with Crippen molar-refractivity contribution in [2.24, 2.45) is 0 Å². The summed E-state index contributed by atoms with van der Waals surface area (Å²) in [5.41, 5.74) is 3.23. The Labute approximate surface area is 158 Å². The monoisotopic (exact) mass is 366 g/mol. The van der Waals surface area contributed by atoms with Gasteiger partial charge in [0.1, 0.15) is 5.75 Å². The third-order valence-corrected chi connectivity index (χ3v) is 5.62. The van der Waals surface area contributed by atoms with Crippen molar-refractivity contribution in [1.29, 1.82) is 0 Å². The van der Waals surface area contributed by atoms with Gasteiger partial charge in [0.2, 0.25) is 0 Å². The molecule has 1 heterocycles. The van der Waals surface area contributed by atoms with Crippen LogP contribution in [0.1, 0.15) is 54.2 Å². The number of esters is 1. The summed E-state index contributed by atoms with van der Waals surface area (Å²) in [5, 5.41) is 10.1. The minimum absolute atomic E-state index is 0.0168. The molecule has 2 aromatic carbocycles. The molecule has 2 aromatic rings. The van der Waals surface area contributed by atoms with E-state index >= 15 is 0 Å². The van der Waals surface area contributed by atoms with Gasteiger partial charge in [-0.1, -0.05) is 25.7 Å². The first kappa shape index (κ1) is 18.4. The molecule has 3 nitrogen and oxygen atoms in total. The Balaban J connectivity index is 1.87. The second kappa shape index (κ2) is 7.47. The van der Waals surface area contributed by atoms with Gasteiger partial charge >= 0.3 is 5.97 Å². The quantitative estimate of drug-likeness (QED) is 0.616. The van der Waals surface area contributed by atoms with Crippen LogP contribution >= 0.6 is 11.8 Å². The van der Waals surface area contributed by atoms with Crippen molar-refractivity contribution >= 4 is 17.7 Å². The lowest BCUT2D eigenvalue weighted by atomic mass is 9.81. The molecule has 1 N–H and O–H groups in total. The highest BCUT2D eigenvalue weighted by Crippen LogP contribution is 2.41. The van der Waals surface area contributed by atoms with Crippen molar-refractivity contribution in [1.82, 2.24) is 0 Å². The second-order valence-electron chi connectivity index (χ2n) is 6.90. The van der Waals surface area contributed by atoms with Crippen LogP contribution in [0, 0.1) is 11.8 Å². The molecule has 1 aliphatic heterocycles. The highest BCUT2D eigenvalue weighted by molar-refractivity contribution is 7.99. The predicted octanol–water partition coefficient (Wildman–Crippen LogP) is 4.74. The number of fused-ring (bicyclic) bond motifs is 1. The Morgan fingerprint density at radius 1 is 1.23 bits per heavy atom. The molecular formula is C22H22O3S. The Bertz CT molecular complexity index is 903. The number of ether oxygens (including phenoxy) is 1. The first-order valence-corrected chi connectivity index (χ1v) is 9.69. The van der Waals surface area contributed by atoms with Crippen LogP contribution in [0.4, 0.5) is 0 Å². The molecule has 1 aliphatic rings. The lowest BCUT2D eigenvalue weighted by Crippen LogP contribution is -2.22. The highest BCUT2D eigenvalue weighted by Gasteiger charge is 2.27. The Morgan fingerprint density at radius 3 is 2.77 bits per heavy atom. The number of rotatable bonds is 2. The summed E-state index contributed by atoms with van der Waals surface area (Å²) in [5.74, 6) is 6.81. The van der Waals surface area contributed by atoms with E-state index in [1.807, 2.05) is 17.8 Å². The summed E-state index contributed by atoms with van der Waals surface area (Å²) < 4.78 is 4.94. The molecule has 4 heteroatoms.